The smallest absolute Gasteiger partial charge is 0.308 e. The molecule has 490 valence electrons. The molecule has 0 radical (unpaired) electrons. The number of carbonyl (C=O) groups is 12. The van der Waals surface area contributed by atoms with Crippen molar-refractivity contribution in [2.24, 2.45) is 40.5 Å². The summed E-state index contributed by atoms with van der Waals surface area (Å²) >= 11 is 0. The second-order valence-corrected chi connectivity index (χ2v) is 22.0. The fourth-order valence-electron chi connectivity index (χ4n) is 8.91. The van der Waals surface area contributed by atoms with Gasteiger partial charge in [0.1, 0.15) is 66.5 Å². The van der Waals surface area contributed by atoms with Gasteiger partial charge in [0.25, 0.3) is 0 Å². The molecule has 2 rings (SSSR count). The number of nitrogens with one attached hydrogen (secondary N) is 11. The molecule has 11 amide bonds. The number of hydrogen-bond acceptors (Lipinski definition) is 20. The molecule has 23 N–H and O–H groups in total. The van der Waals surface area contributed by atoms with Gasteiger partial charge in [0.15, 0.2) is 0 Å². The summed E-state index contributed by atoms with van der Waals surface area (Å²) in [5, 5.41) is 49.3. The molecule has 1 fully saturated rings. The van der Waals surface area contributed by atoms with Crippen LogP contribution in [0.15, 0.2) is 30.3 Å². The van der Waals surface area contributed by atoms with Crippen molar-refractivity contribution in [3.8, 4) is 0 Å². The van der Waals surface area contributed by atoms with E-state index in [2.05, 4.69) is 58.5 Å². The molecule has 1 saturated heterocycles. The third-order valence-electron chi connectivity index (χ3n) is 14.0. The first-order chi connectivity index (χ1) is 41.1. The molecule has 1 aliphatic rings. The Bertz CT molecular complexity index is 2440. The highest BCUT2D eigenvalue weighted by Crippen LogP contribution is 2.13. The fourth-order valence-corrected chi connectivity index (χ4v) is 8.91. The Morgan fingerprint density at radius 3 is 1.56 bits per heavy atom. The van der Waals surface area contributed by atoms with E-state index in [0.29, 0.717) is 12.0 Å². The summed E-state index contributed by atoms with van der Waals surface area (Å²) in [5.41, 5.74) is 29.9. The van der Waals surface area contributed by atoms with E-state index in [-0.39, 0.29) is 90.0 Å². The van der Waals surface area contributed by atoms with Crippen LogP contribution in [-0.4, -0.2) is 199 Å². The minimum absolute atomic E-state index is 0.0337. The van der Waals surface area contributed by atoms with Crippen LogP contribution in [0.25, 0.3) is 0 Å². The van der Waals surface area contributed by atoms with Crippen LogP contribution < -0.4 is 87.2 Å². The van der Waals surface area contributed by atoms with Gasteiger partial charge in [0.05, 0.1) is 24.5 Å². The number of benzene rings is 1. The molecule has 0 aromatic heterocycles. The Balaban J connectivity index is 2.68. The molecule has 1 aromatic rings. The third-order valence-corrected chi connectivity index (χ3v) is 14.0. The van der Waals surface area contributed by atoms with Crippen molar-refractivity contribution in [1.29, 1.82) is 0 Å². The minimum Gasteiger partial charge on any atom is -0.462 e. The van der Waals surface area contributed by atoms with E-state index in [1.807, 2.05) is 0 Å². The highest BCUT2D eigenvalue weighted by Gasteiger charge is 2.38. The van der Waals surface area contributed by atoms with Crippen LogP contribution in [0, 0.1) is 11.8 Å². The molecule has 0 saturated carbocycles. The van der Waals surface area contributed by atoms with Gasteiger partial charge in [0.2, 0.25) is 65.0 Å². The standard InChI is InChI=1S/C56H96N16O15/c1-8-30(4)56(86)87-31(5)27-43(75)63-35(14-20-57)50(80)72-45(33(7)74)55(85)68-38(17-23-60)47(77)67-40-19-25-62-54(84)44(32(6)73)71-51(81)39(18-24-61)65-46(76)36(15-21-58)66-52(82)41(26-29(2)3)69-53(83)42(28-34-12-10-9-11-13-34)70-48(78)37(16-22-59)64-49(40)79/h9-13,29-33,35-42,44-45,73-74H,8,14-28,57-61H2,1-7H3,(H,62,84)(H,63,75)(H,64,79)(H,65,76)(H,66,82)(H,67,77)(H,68,85)(H,69,83)(H,70,78)(H,71,81)(H,72,80)/t30?,31?,32-,33?,35-,36-,37-,38-,39-,40-,41-,42+,44-,45-/m0/s1. The van der Waals surface area contributed by atoms with E-state index >= 15 is 0 Å². The quantitative estimate of drug-likeness (QED) is 0.0347. The van der Waals surface area contributed by atoms with E-state index in [1.54, 1.807) is 58.0 Å². The maximum Gasteiger partial charge on any atom is 0.308 e. The Morgan fingerprint density at radius 2 is 1.07 bits per heavy atom. The Hall–Kier alpha value is -7.42. The molecule has 31 nitrogen and oxygen atoms in total. The summed E-state index contributed by atoms with van der Waals surface area (Å²) in [7, 11) is 0. The summed E-state index contributed by atoms with van der Waals surface area (Å²) in [6.07, 6.45) is -5.52. The lowest BCUT2D eigenvalue weighted by atomic mass is 10.00. The maximum atomic E-state index is 14.5. The summed E-state index contributed by atoms with van der Waals surface area (Å²) in [4.78, 5) is 166. The first-order valence-electron chi connectivity index (χ1n) is 29.6. The predicted molar refractivity (Wildman–Crippen MR) is 318 cm³/mol. The van der Waals surface area contributed by atoms with Crippen LogP contribution in [0.2, 0.25) is 0 Å². The van der Waals surface area contributed by atoms with Gasteiger partial charge in [-0.05, 0) is 116 Å². The van der Waals surface area contributed by atoms with Crippen molar-refractivity contribution in [3.63, 3.8) is 0 Å². The molecule has 0 spiro atoms. The minimum atomic E-state index is -1.78. The van der Waals surface area contributed by atoms with Crippen molar-refractivity contribution in [3.05, 3.63) is 35.9 Å². The second-order valence-electron chi connectivity index (χ2n) is 22.0. The molecule has 14 atom stereocenters. The fraction of sp³-hybridized carbons (Fsp3) is 0.679. The molecule has 3 unspecified atom stereocenters. The van der Waals surface area contributed by atoms with Crippen LogP contribution in [0.3, 0.4) is 0 Å². The number of rotatable bonds is 28. The highest BCUT2D eigenvalue weighted by molar-refractivity contribution is 5.99. The average Bonchev–Trinajstić information content (AvgIpc) is 3.08. The molecule has 1 aliphatic heterocycles. The highest BCUT2D eigenvalue weighted by atomic mass is 16.5. The van der Waals surface area contributed by atoms with Crippen molar-refractivity contribution in [2.45, 2.75) is 191 Å². The Kier molecular flexibility index (Phi) is 34.3. The summed E-state index contributed by atoms with van der Waals surface area (Å²) < 4.78 is 5.33. The number of hydrogen-bond donors (Lipinski definition) is 18. The van der Waals surface area contributed by atoms with Crippen LogP contribution >= 0.6 is 0 Å². The summed E-state index contributed by atoms with van der Waals surface area (Å²) in [5.74, 6) is -11.5. The van der Waals surface area contributed by atoms with Crippen molar-refractivity contribution < 1.29 is 72.5 Å². The normalized spacial score (nSPS) is 22.9. The van der Waals surface area contributed by atoms with Gasteiger partial charge in [-0.2, -0.15) is 0 Å². The van der Waals surface area contributed by atoms with Crippen molar-refractivity contribution in [2.75, 3.05) is 39.3 Å². The van der Waals surface area contributed by atoms with Gasteiger partial charge in [0, 0.05) is 13.0 Å². The monoisotopic (exact) mass is 1230 g/mol. The van der Waals surface area contributed by atoms with E-state index in [0.717, 1.165) is 6.92 Å². The number of carbonyl (C=O) groups excluding carboxylic acids is 12. The van der Waals surface area contributed by atoms with Gasteiger partial charge < -0.3 is 102 Å². The number of amides is 11. The molecule has 1 aromatic carbocycles. The maximum absolute atomic E-state index is 14.5. The lowest BCUT2D eigenvalue weighted by Crippen LogP contribution is -2.62. The van der Waals surface area contributed by atoms with E-state index < -0.39 is 169 Å². The van der Waals surface area contributed by atoms with Crippen LogP contribution in [0.1, 0.15) is 112 Å². The van der Waals surface area contributed by atoms with Gasteiger partial charge in [-0.3, -0.25) is 57.5 Å². The van der Waals surface area contributed by atoms with Gasteiger partial charge >= 0.3 is 5.97 Å². The van der Waals surface area contributed by atoms with E-state index in [9.17, 15) is 67.7 Å². The third kappa shape index (κ3) is 26.6. The number of nitrogens with two attached hydrogens (primary N) is 5. The zero-order valence-electron chi connectivity index (χ0n) is 50.9. The largest absolute Gasteiger partial charge is 0.462 e. The van der Waals surface area contributed by atoms with Crippen molar-refractivity contribution in [1.82, 2.24) is 58.5 Å². The first-order valence-corrected chi connectivity index (χ1v) is 29.6. The van der Waals surface area contributed by atoms with Crippen LogP contribution in [0.4, 0.5) is 0 Å². The predicted octanol–water partition coefficient (Wildman–Crippen LogP) is -6.48. The van der Waals surface area contributed by atoms with E-state index in [1.165, 1.54) is 13.8 Å². The topological polar surface area (TPSA) is 517 Å². The van der Waals surface area contributed by atoms with Crippen molar-refractivity contribution >= 4 is 70.9 Å². The van der Waals surface area contributed by atoms with E-state index in [4.69, 9.17) is 33.4 Å². The molecule has 31 heteroatoms. The number of esters is 1. The van der Waals surface area contributed by atoms with Crippen LogP contribution in [-0.2, 0) is 68.7 Å². The average molecular weight is 1230 g/mol. The molecule has 0 aliphatic carbocycles. The van der Waals surface area contributed by atoms with Gasteiger partial charge in [-0.25, -0.2) is 0 Å². The number of aliphatic hydroxyl groups excluding tert-OH is 2. The van der Waals surface area contributed by atoms with Gasteiger partial charge in [-0.15, -0.1) is 0 Å². The number of aliphatic hydroxyl groups is 2. The SMILES string of the molecule is CCC(C)C(=O)OC(C)CC(=O)N[C@@H](CCN)C(=O)N[C@H](C(=O)N[C@@H](CCN)C(=O)N[C@H]1CCNC(=O)[C@H]([C@H](C)O)NC(=O)[C@H](CCN)NC(=O)[C@H](CCN)NC(=O)[C@H](CC(C)C)NC(=O)[C@@H](Cc2ccccc2)NC(=O)[C@H](CCN)NC1=O)C(C)O. The zero-order chi connectivity index (χ0) is 65.5. The lowest BCUT2D eigenvalue weighted by Gasteiger charge is -2.29. The molecule has 87 heavy (non-hydrogen) atoms. The molecule has 1 heterocycles. The molecular weight excluding hydrogens is 1140 g/mol. The first kappa shape index (κ1) is 75.7. The lowest BCUT2D eigenvalue weighted by molar-refractivity contribution is -0.154. The molecule has 0 bridgehead atoms. The van der Waals surface area contributed by atoms with Crippen LogP contribution in [0.5, 0.6) is 0 Å². The van der Waals surface area contributed by atoms with Gasteiger partial charge in [-0.1, -0.05) is 58.0 Å². The summed E-state index contributed by atoms with van der Waals surface area (Å²) in [6, 6.07) is -6.70. The Morgan fingerprint density at radius 1 is 0.586 bits per heavy atom. The Labute approximate surface area is 507 Å². The molecular formula is C56H96N16O15. The summed E-state index contributed by atoms with van der Waals surface area (Å²) in [6.45, 7) is 9.50. The number of ether oxygens (including phenoxy) is 1. The second kappa shape index (κ2) is 39.4. The zero-order valence-corrected chi connectivity index (χ0v) is 50.9.